The van der Waals surface area contributed by atoms with Gasteiger partial charge in [0.05, 0.1) is 7.11 Å². The molecule has 0 fully saturated rings. The third-order valence-electron chi connectivity index (χ3n) is 3.26. The molecule has 2 aromatic carbocycles. The van der Waals surface area contributed by atoms with Crippen LogP contribution in [-0.2, 0) is 0 Å². The van der Waals surface area contributed by atoms with Crippen LogP contribution in [-0.4, -0.2) is 7.11 Å². The molecule has 0 spiro atoms. The first-order valence-corrected chi connectivity index (χ1v) is 7.24. The molecule has 0 aliphatic rings. The molecule has 2 rings (SSSR count). The Hall–Kier alpha value is -1.99. The van der Waals surface area contributed by atoms with Gasteiger partial charge >= 0.3 is 0 Å². The van der Waals surface area contributed by atoms with Crippen LogP contribution in [0.15, 0.2) is 66.2 Å². The molecule has 0 bridgehead atoms. The van der Waals surface area contributed by atoms with E-state index in [1.165, 1.54) is 11.1 Å². The number of hydrogen-bond acceptors (Lipinski definition) is 1. The van der Waals surface area contributed by atoms with Gasteiger partial charge in [0, 0.05) is 5.03 Å². The highest BCUT2D eigenvalue weighted by Gasteiger charge is 2.04. The number of ether oxygens (including phenoxy) is 1. The third kappa shape index (κ3) is 3.99. The monoisotopic (exact) mass is 298 g/mol. The Balaban J connectivity index is 2.36. The van der Waals surface area contributed by atoms with Crippen LogP contribution in [0, 0.1) is 0 Å². The second-order valence-corrected chi connectivity index (χ2v) is 5.41. The van der Waals surface area contributed by atoms with Crippen LogP contribution in [0.4, 0.5) is 0 Å². The SMILES string of the molecule is COc1ccc(/C(Cl)=C/C(=C(C)C)c2ccccc2)cc1. The van der Waals surface area contributed by atoms with Crippen LogP contribution in [0.25, 0.3) is 10.6 Å². The first-order chi connectivity index (χ1) is 10.1. The first kappa shape index (κ1) is 15.4. The van der Waals surface area contributed by atoms with Crippen LogP contribution in [0.3, 0.4) is 0 Å². The van der Waals surface area contributed by atoms with Gasteiger partial charge in [0.25, 0.3) is 0 Å². The lowest BCUT2D eigenvalue weighted by Gasteiger charge is -2.08. The van der Waals surface area contributed by atoms with Gasteiger partial charge < -0.3 is 4.74 Å². The molecule has 0 heterocycles. The molecule has 0 saturated heterocycles. The molecule has 0 radical (unpaired) electrons. The Kier molecular flexibility index (Phi) is 5.24. The zero-order valence-corrected chi connectivity index (χ0v) is 13.3. The number of methoxy groups -OCH3 is 1. The van der Waals surface area contributed by atoms with Crippen molar-refractivity contribution in [1.82, 2.24) is 0 Å². The predicted molar refractivity (Wildman–Crippen MR) is 91.5 cm³/mol. The van der Waals surface area contributed by atoms with Crippen LogP contribution < -0.4 is 4.74 Å². The molecular weight excluding hydrogens is 280 g/mol. The lowest BCUT2D eigenvalue weighted by Crippen LogP contribution is -1.86. The van der Waals surface area contributed by atoms with Crippen molar-refractivity contribution in [3.05, 3.63) is 77.4 Å². The van der Waals surface area contributed by atoms with Gasteiger partial charge in [-0.3, -0.25) is 0 Å². The summed E-state index contributed by atoms with van der Waals surface area (Å²) in [6.07, 6.45) is 2.02. The summed E-state index contributed by atoms with van der Waals surface area (Å²) in [4.78, 5) is 0. The van der Waals surface area contributed by atoms with Gasteiger partial charge in [-0.25, -0.2) is 0 Å². The van der Waals surface area contributed by atoms with Crippen molar-refractivity contribution in [2.24, 2.45) is 0 Å². The Labute approximate surface area is 131 Å². The molecule has 0 unspecified atom stereocenters. The second-order valence-electron chi connectivity index (χ2n) is 5.00. The van der Waals surface area contributed by atoms with E-state index in [2.05, 4.69) is 26.0 Å². The molecule has 108 valence electrons. The van der Waals surface area contributed by atoms with Gasteiger partial charge in [-0.2, -0.15) is 0 Å². The van der Waals surface area contributed by atoms with E-state index in [1.54, 1.807) is 7.11 Å². The topological polar surface area (TPSA) is 9.23 Å². The molecule has 0 atom stereocenters. The summed E-state index contributed by atoms with van der Waals surface area (Å²) in [7, 11) is 1.66. The number of hydrogen-bond donors (Lipinski definition) is 0. The van der Waals surface area contributed by atoms with E-state index >= 15 is 0 Å². The Morgan fingerprint density at radius 2 is 1.52 bits per heavy atom. The van der Waals surface area contributed by atoms with E-state index in [-0.39, 0.29) is 0 Å². The van der Waals surface area contributed by atoms with Crippen LogP contribution in [0.2, 0.25) is 0 Å². The van der Waals surface area contributed by atoms with Gasteiger partial charge in [0.2, 0.25) is 0 Å². The third-order valence-corrected chi connectivity index (χ3v) is 3.59. The fourth-order valence-corrected chi connectivity index (χ4v) is 2.33. The molecule has 2 aromatic rings. The number of allylic oxidation sites excluding steroid dienone is 3. The standard InChI is InChI=1S/C19H19ClO/c1-14(2)18(15-7-5-4-6-8-15)13-19(20)16-9-11-17(21-3)12-10-16/h4-13H,1-3H3/b19-13-. The van der Waals surface area contributed by atoms with Gasteiger partial charge in [-0.15, -0.1) is 0 Å². The van der Waals surface area contributed by atoms with E-state index in [9.17, 15) is 0 Å². The summed E-state index contributed by atoms with van der Waals surface area (Å²) in [5.41, 5.74) is 4.53. The van der Waals surface area contributed by atoms with Gasteiger partial charge in [0.15, 0.2) is 0 Å². The van der Waals surface area contributed by atoms with Crippen LogP contribution in [0.5, 0.6) is 5.75 Å². The van der Waals surface area contributed by atoms with Crippen molar-refractivity contribution in [1.29, 1.82) is 0 Å². The molecule has 0 aliphatic heterocycles. The number of benzene rings is 2. The van der Waals surface area contributed by atoms with Crippen molar-refractivity contribution in [2.45, 2.75) is 13.8 Å². The van der Waals surface area contributed by atoms with E-state index in [1.807, 2.05) is 48.5 Å². The molecule has 0 aliphatic carbocycles. The maximum atomic E-state index is 6.48. The smallest absolute Gasteiger partial charge is 0.118 e. The number of rotatable bonds is 4. The molecule has 0 N–H and O–H groups in total. The van der Waals surface area contributed by atoms with Crippen molar-refractivity contribution in [2.75, 3.05) is 7.11 Å². The molecule has 0 aromatic heterocycles. The largest absolute Gasteiger partial charge is 0.497 e. The van der Waals surface area contributed by atoms with Crippen LogP contribution >= 0.6 is 11.6 Å². The number of halogens is 1. The summed E-state index contributed by atoms with van der Waals surface area (Å²) in [5.74, 6) is 0.828. The lowest BCUT2D eigenvalue weighted by molar-refractivity contribution is 0.415. The molecule has 1 nitrogen and oxygen atoms in total. The maximum Gasteiger partial charge on any atom is 0.118 e. The minimum absolute atomic E-state index is 0.720. The lowest BCUT2D eigenvalue weighted by atomic mass is 10.00. The quantitative estimate of drug-likeness (QED) is 0.651. The molecule has 21 heavy (non-hydrogen) atoms. The maximum absolute atomic E-state index is 6.48. The van der Waals surface area contributed by atoms with E-state index in [4.69, 9.17) is 16.3 Å². The summed E-state index contributed by atoms with van der Waals surface area (Å²) in [6, 6.07) is 18.0. The highest BCUT2D eigenvalue weighted by Crippen LogP contribution is 2.28. The minimum Gasteiger partial charge on any atom is -0.497 e. The van der Waals surface area contributed by atoms with Crippen molar-refractivity contribution in [3.63, 3.8) is 0 Å². The Morgan fingerprint density at radius 3 is 2.05 bits per heavy atom. The molecular formula is C19H19ClO. The highest BCUT2D eigenvalue weighted by molar-refractivity contribution is 6.49. The zero-order chi connectivity index (χ0) is 15.2. The van der Waals surface area contributed by atoms with Gasteiger partial charge in [0.1, 0.15) is 5.75 Å². The van der Waals surface area contributed by atoms with Crippen molar-refractivity contribution in [3.8, 4) is 5.75 Å². The highest BCUT2D eigenvalue weighted by atomic mass is 35.5. The van der Waals surface area contributed by atoms with E-state index < -0.39 is 0 Å². The Morgan fingerprint density at radius 1 is 0.905 bits per heavy atom. The second kappa shape index (κ2) is 7.14. The average molecular weight is 299 g/mol. The van der Waals surface area contributed by atoms with E-state index in [0.717, 1.165) is 21.9 Å². The summed E-state index contributed by atoms with van der Waals surface area (Å²) in [6.45, 7) is 4.19. The minimum atomic E-state index is 0.720. The predicted octanol–water partition coefficient (Wildman–Crippen LogP) is 5.77. The average Bonchev–Trinajstić information content (AvgIpc) is 2.53. The summed E-state index contributed by atoms with van der Waals surface area (Å²) in [5, 5.41) is 0.720. The van der Waals surface area contributed by atoms with Crippen molar-refractivity contribution < 1.29 is 4.74 Å². The van der Waals surface area contributed by atoms with Crippen LogP contribution in [0.1, 0.15) is 25.0 Å². The van der Waals surface area contributed by atoms with Gasteiger partial charge in [-0.1, -0.05) is 47.5 Å². The van der Waals surface area contributed by atoms with Gasteiger partial charge in [-0.05, 0) is 60.9 Å². The fourth-order valence-electron chi connectivity index (χ4n) is 2.09. The zero-order valence-electron chi connectivity index (χ0n) is 12.6. The summed E-state index contributed by atoms with van der Waals surface area (Å²) < 4.78 is 5.17. The summed E-state index contributed by atoms with van der Waals surface area (Å²) >= 11 is 6.48. The molecule has 2 heteroatoms. The van der Waals surface area contributed by atoms with Crippen molar-refractivity contribution >= 4 is 22.2 Å². The first-order valence-electron chi connectivity index (χ1n) is 6.86. The van der Waals surface area contributed by atoms with E-state index in [0.29, 0.717) is 0 Å². The normalized spacial score (nSPS) is 11.1. The molecule has 0 saturated carbocycles. The fraction of sp³-hybridized carbons (Fsp3) is 0.158. The Bertz CT molecular complexity index is 648. The molecule has 0 amide bonds.